The Balaban J connectivity index is 1.64. The van der Waals surface area contributed by atoms with Gasteiger partial charge in [0.1, 0.15) is 11.9 Å². The van der Waals surface area contributed by atoms with Crippen LogP contribution in [0, 0.1) is 5.92 Å². The van der Waals surface area contributed by atoms with Gasteiger partial charge in [-0.25, -0.2) is 4.31 Å². The number of para-hydroxylation sites is 1. The summed E-state index contributed by atoms with van der Waals surface area (Å²) in [4.78, 5) is 16.6. The van der Waals surface area contributed by atoms with Gasteiger partial charge >= 0.3 is 5.97 Å². The molecule has 0 amide bonds. The number of carbonyl (C=O) groups excluding carboxylic acids is 1. The normalized spacial score (nSPS) is 22.8. The van der Waals surface area contributed by atoms with E-state index in [0.717, 1.165) is 30.0 Å². The molecule has 2 aromatic rings. The number of hydrogen-bond acceptors (Lipinski definition) is 7. The minimum atomic E-state index is -0.129. The van der Waals surface area contributed by atoms with Crippen LogP contribution in [-0.4, -0.2) is 49.4 Å². The standard InChI is InChI=1S/C26H34N2O3S2/c1-5-6-10-20-17-28(19-11-8-7-9-12-19)22-15-25(32-4)23(16-24(22)33-27(20)2)31-21-13-18(14-21)26(29)30-3/h7-9,11-12,15-16,18,20-21H,5-6,10,13-14,17H2,1-4H3. The lowest BCUT2D eigenvalue weighted by molar-refractivity contribution is -0.151. The lowest BCUT2D eigenvalue weighted by Crippen LogP contribution is -2.38. The molecule has 0 saturated heterocycles. The smallest absolute Gasteiger partial charge is 0.308 e. The van der Waals surface area contributed by atoms with Crippen molar-refractivity contribution in [3.63, 3.8) is 0 Å². The summed E-state index contributed by atoms with van der Waals surface area (Å²) >= 11 is 3.52. The number of esters is 1. The Morgan fingerprint density at radius 1 is 1.21 bits per heavy atom. The third-order valence-electron chi connectivity index (χ3n) is 6.57. The lowest BCUT2D eigenvalue weighted by atomic mass is 9.82. The minimum Gasteiger partial charge on any atom is -0.489 e. The molecule has 1 heterocycles. The molecule has 0 bridgehead atoms. The largest absolute Gasteiger partial charge is 0.489 e. The van der Waals surface area contributed by atoms with Crippen LogP contribution in [-0.2, 0) is 9.53 Å². The van der Waals surface area contributed by atoms with Gasteiger partial charge in [-0.1, -0.05) is 38.0 Å². The number of likely N-dealkylation sites (N-methyl/N-ethyl adjacent to an activating group) is 1. The molecule has 1 aliphatic carbocycles. The first kappa shape index (κ1) is 24.3. The second-order valence-corrected chi connectivity index (χ2v) is 10.8. The van der Waals surface area contributed by atoms with E-state index in [0.29, 0.717) is 6.04 Å². The van der Waals surface area contributed by atoms with Gasteiger partial charge in [0.2, 0.25) is 0 Å². The summed E-state index contributed by atoms with van der Waals surface area (Å²) in [5.41, 5.74) is 2.45. The van der Waals surface area contributed by atoms with E-state index in [2.05, 4.69) is 71.9 Å². The zero-order chi connectivity index (χ0) is 23.4. The summed E-state index contributed by atoms with van der Waals surface area (Å²) in [7, 11) is 3.66. The van der Waals surface area contributed by atoms with Crippen LogP contribution in [0.2, 0.25) is 0 Å². The summed E-state index contributed by atoms with van der Waals surface area (Å²) in [5, 5.41) is 0. The summed E-state index contributed by atoms with van der Waals surface area (Å²) in [6.07, 6.45) is 7.21. The number of benzene rings is 2. The quantitative estimate of drug-likeness (QED) is 0.243. The number of hydrogen-bond donors (Lipinski definition) is 0. The van der Waals surface area contributed by atoms with E-state index >= 15 is 0 Å². The highest BCUT2D eigenvalue weighted by atomic mass is 32.2. The van der Waals surface area contributed by atoms with E-state index < -0.39 is 0 Å². The fourth-order valence-corrected chi connectivity index (χ4v) is 6.08. The summed E-state index contributed by atoms with van der Waals surface area (Å²) < 4.78 is 13.7. The molecule has 2 aliphatic rings. The van der Waals surface area contributed by atoms with Gasteiger partial charge in [0.05, 0.1) is 28.5 Å². The predicted molar refractivity (Wildman–Crippen MR) is 138 cm³/mol. The molecule has 7 heteroatoms. The molecule has 0 radical (unpaired) electrons. The van der Waals surface area contributed by atoms with Crippen LogP contribution >= 0.6 is 23.7 Å². The van der Waals surface area contributed by atoms with E-state index in [1.54, 1.807) is 11.8 Å². The topological polar surface area (TPSA) is 42.0 Å². The third-order valence-corrected chi connectivity index (χ3v) is 8.44. The maximum Gasteiger partial charge on any atom is 0.308 e. The number of unbranched alkanes of at least 4 members (excludes halogenated alkanes) is 1. The average Bonchev–Trinajstić information content (AvgIpc) is 2.94. The number of thioether (sulfide) groups is 1. The van der Waals surface area contributed by atoms with E-state index in [9.17, 15) is 4.79 Å². The van der Waals surface area contributed by atoms with E-state index in [1.807, 2.05) is 11.9 Å². The SMILES string of the molecule is CCCCC1CN(c2ccccc2)c2cc(SC)c(OC3CC(C(=O)OC)C3)cc2SN1C. The Morgan fingerprint density at radius 2 is 1.97 bits per heavy atom. The maximum atomic E-state index is 11.8. The first-order valence-corrected chi connectivity index (χ1v) is 13.7. The number of fused-ring (bicyclic) bond motifs is 1. The fourth-order valence-electron chi connectivity index (χ4n) is 4.49. The number of methoxy groups -OCH3 is 1. The summed E-state index contributed by atoms with van der Waals surface area (Å²) in [5.74, 6) is 0.748. The monoisotopic (exact) mass is 486 g/mol. The summed E-state index contributed by atoms with van der Waals surface area (Å²) in [6, 6.07) is 15.6. The van der Waals surface area contributed by atoms with Crippen molar-refractivity contribution in [2.75, 3.05) is 31.9 Å². The number of anilines is 2. The van der Waals surface area contributed by atoms with Crippen LogP contribution in [0.15, 0.2) is 52.3 Å². The zero-order valence-corrected chi connectivity index (χ0v) is 21.6. The van der Waals surface area contributed by atoms with Gasteiger partial charge in [0.25, 0.3) is 0 Å². The van der Waals surface area contributed by atoms with E-state index in [1.165, 1.54) is 42.6 Å². The summed E-state index contributed by atoms with van der Waals surface area (Å²) in [6.45, 7) is 3.21. The number of ether oxygens (including phenoxy) is 2. The first-order valence-electron chi connectivity index (χ1n) is 11.7. The Morgan fingerprint density at radius 3 is 2.64 bits per heavy atom. The Labute approximate surface area is 206 Å². The van der Waals surface area contributed by atoms with Crippen molar-refractivity contribution in [1.82, 2.24) is 4.31 Å². The molecule has 0 N–H and O–H groups in total. The second kappa shape index (κ2) is 11.1. The van der Waals surface area contributed by atoms with Crippen molar-refractivity contribution >= 4 is 41.1 Å². The van der Waals surface area contributed by atoms with Crippen LogP contribution in [0.3, 0.4) is 0 Å². The van der Waals surface area contributed by atoms with Crippen molar-refractivity contribution in [1.29, 1.82) is 0 Å². The molecule has 1 saturated carbocycles. The van der Waals surface area contributed by atoms with Crippen LogP contribution in [0.5, 0.6) is 5.75 Å². The Kier molecular flexibility index (Phi) is 8.15. The molecular weight excluding hydrogens is 452 g/mol. The Hall–Kier alpha value is -1.83. The van der Waals surface area contributed by atoms with Crippen LogP contribution in [0.25, 0.3) is 0 Å². The van der Waals surface area contributed by atoms with Crippen molar-refractivity contribution in [3.05, 3.63) is 42.5 Å². The third kappa shape index (κ3) is 5.47. The highest BCUT2D eigenvalue weighted by Crippen LogP contribution is 2.46. The molecule has 0 spiro atoms. The van der Waals surface area contributed by atoms with Gasteiger partial charge in [-0.2, -0.15) is 0 Å². The molecule has 178 valence electrons. The molecule has 33 heavy (non-hydrogen) atoms. The van der Waals surface area contributed by atoms with Gasteiger partial charge in [0, 0.05) is 18.3 Å². The first-order chi connectivity index (χ1) is 16.0. The van der Waals surface area contributed by atoms with Crippen LogP contribution < -0.4 is 9.64 Å². The number of carbonyl (C=O) groups is 1. The minimum absolute atomic E-state index is 0.0352. The van der Waals surface area contributed by atoms with Gasteiger partial charge in [-0.3, -0.25) is 4.79 Å². The van der Waals surface area contributed by atoms with E-state index in [-0.39, 0.29) is 18.0 Å². The highest BCUT2D eigenvalue weighted by molar-refractivity contribution is 7.98. The molecule has 5 nitrogen and oxygen atoms in total. The average molecular weight is 487 g/mol. The van der Waals surface area contributed by atoms with Gasteiger partial charge in [-0.15, -0.1) is 11.8 Å². The van der Waals surface area contributed by atoms with Crippen molar-refractivity contribution < 1.29 is 14.3 Å². The predicted octanol–water partition coefficient (Wildman–Crippen LogP) is 6.39. The van der Waals surface area contributed by atoms with Crippen LogP contribution in [0.4, 0.5) is 11.4 Å². The van der Waals surface area contributed by atoms with Gasteiger partial charge in [0.15, 0.2) is 0 Å². The molecule has 1 unspecified atom stereocenters. The number of nitrogens with zero attached hydrogens (tertiary/aromatic N) is 2. The molecular formula is C26H34N2O3S2. The maximum absolute atomic E-state index is 11.8. The molecule has 2 aromatic carbocycles. The van der Waals surface area contributed by atoms with Crippen molar-refractivity contribution in [3.8, 4) is 5.75 Å². The van der Waals surface area contributed by atoms with Crippen LogP contribution in [0.1, 0.15) is 39.0 Å². The molecule has 0 aromatic heterocycles. The molecule has 1 atom stereocenters. The Bertz CT molecular complexity index is 950. The van der Waals surface area contributed by atoms with Crippen molar-refractivity contribution in [2.45, 2.75) is 61.0 Å². The fraction of sp³-hybridized carbons (Fsp3) is 0.500. The van der Waals surface area contributed by atoms with Gasteiger partial charge < -0.3 is 14.4 Å². The second-order valence-electron chi connectivity index (χ2n) is 8.78. The molecule has 4 rings (SSSR count). The van der Waals surface area contributed by atoms with Gasteiger partial charge in [-0.05, 0) is 68.8 Å². The molecule has 1 fully saturated rings. The lowest BCUT2D eigenvalue weighted by Gasteiger charge is -2.34. The van der Waals surface area contributed by atoms with E-state index in [4.69, 9.17) is 9.47 Å². The zero-order valence-electron chi connectivity index (χ0n) is 20.0. The molecule has 1 aliphatic heterocycles. The highest BCUT2D eigenvalue weighted by Gasteiger charge is 2.37. The van der Waals surface area contributed by atoms with Crippen molar-refractivity contribution in [2.24, 2.45) is 5.92 Å². The number of rotatable bonds is 8.